The number of ketones is 1. The van der Waals surface area contributed by atoms with Crippen molar-refractivity contribution in [3.05, 3.63) is 0 Å². The van der Waals surface area contributed by atoms with Gasteiger partial charge in [-0.2, -0.15) is 0 Å². The molecular formula is C11H19NO2. The minimum absolute atomic E-state index is 0.101. The fourth-order valence-electron chi connectivity index (χ4n) is 2.35. The van der Waals surface area contributed by atoms with Gasteiger partial charge in [-0.3, -0.25) is 4.79 Å². The van der Waals surface area contributed by atoms with Gasteiger partial charge in [0.05, 0.1) is 12.6 Å². The largest absolute Gasteiger partial charge is 0.362 e. The van der Waals surface area contributed by atoms with Gasteiger partial charge in [-0.05, 0) is 19.3 Å². The van der Waals surface area contributed by atoms with E-state index in [1.165, 1.54) is 25.7 Å². The number of ether oxygens (including phenoxy) is 1. The van der Waals surface area contributed by atoms with Crippen molar-refractivity contribution in [2.45, 2.75) is 50.7 Å². The number of epoxide rings is 1. The van der Waals surface area contributed by atoms with Gasteiger partial charge >= 0.3 is 0 Å². The molecule has 3 heteroatoms. The number of rotatable bonds is 4. The fraction of sp³-hybridized carbons (Fsp3) is 0.909. The van der Waals surface area contributed by atoms with Gasteiger partial charge in [0.2, 0.25) is 0 Å². The second kappa shape index (κ2) is 3.63. The normalized spacial score (nSPS) is 34.4. The summed E-state index contributed by atoms with van der Waals surface area (Å²) in [6.07, 6.45) is 5.97. The van der Waals surface area contributed by atoms with Gasteiger partial charge < -0.3 is 10.5 Å². The molecule has 2 N–H and O–H groups in total. The lowest BCUT2D eigenvalue weighted by molar-refractivity contribution is -0.125. The molecule has 0 aromatic heterocycles. The molecule has 2 aliphatic rings. The zero-order valence-electron chi connectivity index (χ0n) is 8.79. The third kappa shape index (κ3) is 1.98. The molecule has 0 spiro atoms. The second-order valence-corrected chi connectivity index (χ2v) is 4.88. The molecule has 0 aromatic rings. The highest BCUT2D eigenvalue weighted by Gasteiger charge is 2.49. The smallest absolute Gasteiger partial charge is 0.183 e. The van der Waals surface area contributed by atoms with Crippen LogP contribution in [0.4, 0.5) is 0 Å². The van der Waals surface area contributed by atoms with Gasteiger partial charge in [0, 0.05) is 0 Å². The van der Waals surface area contributed by atoms with Gasteiger partial charge in [0.25, 0.3) is 0 Å². The van der Waals surface area contributed by atoms with E-state index in [9.17, 15) is 4.79 Å². The molecular weight excluding hydrogens is 178 g/mol. The highest BCUT2D eigenvalue weighted by Crippen LogP contribution is 2.32. The van der Waals surface area contributed by atoms with Crippen LogP contribution in [0, 0.1) is 5.92 Å². The van der Waals surface area contributed by atoms with Crippen molar-refractivity contribution in [3.8, 4) is 0 Å². The zero-order valence-corrected chi connectivity index (χ0v) is 8.79. The van der Waals surface area contributed by atoms with Crippen LogP contribution in [0.3, 0.4) is 0 Å². The van der Waals surface area contributed by atoms with Crippen molar-refractivity contribution in [1.29, 1.82) is 0 Å². The molecule has 1 aliphatic carbocycles. The van der Waals surface area contributed by atoms with E-state index in [4.69, 9.17) is 10.5 Å². The molecule has 0 bridgehead atoms. The highest BCUT2D eigenvalue weighted by atomic mass is 16.6. The van der Waals surface area contributed by atoms with Crippen LogP contribution in [-0.4, -0.2) is 24.0 Å². The van der Waals surface area contributed by atoms with Gasteiger partial charge in [-0.1, -0.05) is 25.7 Å². The predicted molar refractivity (Wildman–Crippen MR) is 53.9 cm³/mol. The van der Waals surface area contributed by atoms with Gasteiger partial charge in [0.1, 0.15) is 5.60 Å². The number of hydrogen-bond acceptors (Lipinski definition) is 3. The van der Waals surface area contributed by atoms with Crippen LogP contribution >= 0.6 is 0 Å². The molecule has 1 heterocycles. The SMILES string of the molecule is CC1(C(=O)C(N)CC2CCCC2)CO1. The minimum atomic E-state index is -0.530. The number of Topliss-reactive ketones (excluding diaryl/α,β-unsaturated/α-hetero) is 1. The topological polar surface area (TPSA) is 55.6 Å². The Morgan fingerprint density at radius 1 is 1.57 bits per heavy atom. The lowest BCUT2D eigenvalue weighted by atomic mass is 9.92. The standard InChI is InChI=1S/C11H19NO2/c1-11(7-14-11)10(13)9(12)6-8-4-2-3-5-8/h8-9H,2-7,12H2,1H3. The van der Waals surface area contributed by atoms with Crippen molar-refractivity contribution >= 4 is 5.78 Å². The van der Waals surface area contributed by atoms with Crippen LogP contribution in [0.25, 0.3) is 0 Å². The summed E-state index contributed by atoms with van der Waals surface area (Å²) < 4.78 is 5.11. The number of carbonyl (C=O) groups excluding carboxylic acids is 1. The van der Waals surface area contributed by atoms with Crippen molar-refractivity contribution in [2.24, 2.45) is 11.7 Å². The predicted octanol–water partition coefficient (Wildman–Crippen LogP) is 1.25. The maximum absolute atomic E-state index is 11.8. The first-order chi connectivity index (χ1) is 6.62. The maximum Gasteiger partial charge on any atom is 0.183 e. The Balaban J connectivity index is 1.82. The summed E-state index contributed by atoms with van der Waals surface area (Å²) in [5.41, 5.74) is 5.36. The molecule has 0 radical (unpaired) electrons. The van der Waals surface area contributed by atoms with E-state index in [2.05, 4.69) is 0 Å². The lowest BCUT2D eigenvalue weighted by Crippen LogP contribution is -2.40. The van der Waals surface area contributed by atoms with Gasteiger partial charge in [0.15, 0.2) is 5.78 Å². The average molecular weight is 197 g/mol. The van der Waals surface area contributed by atoms with E-state index in [0.29, 0.717) is 12.5 Å². The van der Waals surface area contributed by atoms with E-state index in [-0.39, 0.29) is 11.8 Å². The Hall–Kier alpha value is -0.410. The van der Waals surface area contributed by atoms with Crippen molar-refractivity contribution in [1.82, 2.24) is 0 Å². The summed E-state index contributed by atoms with van der Waals surface area (Å²) in [4.78, 5) is 11.8. The fourth-order valence-corrected chi connectivity index (χ4v) is 2.35. The summed E-state index contributed by atoms with van der Waals surface area (Å²) in [5, 5.41) is 0. The molecule has 2 atom stereocenters. The van der Waals surface area contributed by atoms with Crippen molar-refractivity contribution < 1.29 is 9.53 Å². The molecule has 2 unspecified atom stereocenters. The molecule has 1 saturated heterocycles. The van der Waals surface area contributed by atoms with Gasteiger partial charge in [-0.15, -0.1) is 0 Å². The van der Waals surface area contributed by atoms with Gasteiger partial charge in [-0.25, -0.2) is 0 Å². The molecule has 80 valence electrons. The Bertz CT molecular complexity index is 229. The Morgan fingerprint density at radius 3 is 2.64 bits per heavy atom. The zero-order chi connectivity index (χ0) is 10.2. The van der Waals surface area contributed by atoms with Crippen LogP contribution < -0.4 is 5.73 Å². The minimum Gasteiger partial charge on any atom is -0.362 e. The molecule has 0 aromatic carbocycles. The molecule has 1 saturated carbocycles. The summed E-state index contributed by atoms with van der Waals surface area (Å²) in [7, 11) is 0. The van der Waals surface area contributed by atoms with Crippen molar-refractivity contribution in [2.75, 3.05) is 6.61 Å². The first-order valence-corrected chi connectivity index (χ1v) is 5.56. The molecule has 2 rings (SSSR count). The lowest BCUT2D eigenvalue weighted by Gasteiger charge is -2.16. The Morgan fingerprint density at radius 2 is 2.14 bits per heavy atom. The third-order valence-electron chi connectivity index (χ3n) is 3.50. The van der Waals surface area contributed by atoms with E-state index in [0.717, 1.165) is 6.42 Å². The second-order valence-electron chi connectivity index (χ2n) is 4.88. The first-order valence-electron chi connectivity index (χ1n) is 5.56. The molecule has 3 nitrogen and oxygen atoms in total. The third-order valence-corrected chi connectivity index (χ3v) is 3.50. The Labute approximate surface area is 85.0 Å². The van der Waals surface area contributed by atoms with E-state index in [1.54, 1.807) is 0 Å². The van der Waals surface area contributed by atoms with E-state index < -0.39 is 5.60 Å². The summed E-state index contributed by atoms with van der Waals surface area (Å²) >= 11 is 0. The molecule has 2 fully saturated rings. The van der Waals surface area contributed by atoms with Crippen LogP contribution in [-0.2, 0) is 9.53 Å². The van der Waals surface area contributed by atoms with Crippen LogP contribution in [0.2, 0.25) is 0 Å². The highest BCUT2D eigenvalue weighted by molar-refractivity contribution is 5.93. The number of hydrogen-bond donors (Lipinski definition) is 1. The summed E-state index contributed by atoms with van der Waals surface area (Å²) in [6.45, 7) is 2.40. The quantitative estimate of drug-likeness (QED) is 0.690. The summed E-state index contributed by atoms with van der Waals surface area (Å²) in [6, 6.07) is -0.300. The van der Waals surface area contributed by atoms with Crippen LogP contribution in [0.1, 0.15) is 39.0 Å². The molecule has 14 heavy (non-hydrogen) atoms. The van der Waals surface area contributed by atoms with Crippen LogP contribution in [0.15, 0.2) is 0 Å². The Kier molecular flexibility index (Phi) is 2.62. The molecule has 0 amide bonds. The maximum atomic E-state index is 11.8. The average Bonchev–Trinajstić information content (AvgIpc) is 2.71. The number of nitrogens with two attached hydrogens (primary N) is 1. The van der Waals surface area contributed by atoms with Crippen molar-refractivity contribution in [3.63, 3.8) is 0 Å². The first kappa shape index (κ1) is 10.1. The summed E-state index contributed by atoms with van der Waals surface area (Å²) in [5.74, 6) is 0.778. The number of carbonyl (C=O) groups is 1. The monoisotopic (exact) mass is 197 g/mol. The van der Waals surface area contributed by atoms with Crippen LogP contribution in [0.5, 0.6) is 0 Å². The van der Waals surface area contributed by atoms with E-state index >= 15 is 0 Å². The molecule has 1 aliphatic heterocycles. The van der Waals surface area contributed by atoms with E-state index in [1.807, 2.05) is 6.92 Å².